The van der Waals surface area contributed by atoms with Crippen LogP contribution in [0.4, 0.5) is 4.79 Å². The first-order valence-electron chi connectivity index (χ1n) is 8.50. The number of rotatable bonds is 4. The summed E-state index contributed by atoms with van der Waals surface area (Å²) in [5.74, 6) is -0.0395. The van der Waals surface area contributed by atoms with Crippen molar-refractivity contribution in [1.29, 1.82) is 0 Å². The van der Waals surface area contributed by atoms with Crippen molar-refractivity contribution in [1.82, 2.24) is 10.2 Å². The lowest BCUT2D eigenvalue weighted by Crippen LogP contribution is -3.15. The quantitative estimate of drug-likeness (QED) is 0.845. The van der Waals surface area contributed by atoms with Crippen molar-refractivity contribution in [2.75, 3.05) is 39.3 Å². The largest absolute Gasteiger partial charge is 0.444 e. The van der Waals surface area contributed by atoms with Crippen LogP contribution in [0.2, 0.25) is 0 Å². The summed E-state index contributed by atoms with van der Waals surface area (Å²) in [4.78, 5) is 27.1. The zero-order chi connectivity index (χ0) is 17.6. The van der Waals surface area contributed by atoms with E-state index in [1.54, 1.807) is 4.90 Å². The van der Waals surface area contributed by atoms with Crippen molar-refractivity contribution >= 4 is 12.0 Å². The molecule has 0 radical (unpaired) electrons. The van der Waals surface area contributed by atoms with E-state index < -0.39 is 5.60 Å². The first-order valence-corrected chi connectivity index (χ1v) is 8.50. The maximum Gasteiger partial charge on any atom is 0.410 e. The van der Waals surface area contributed by atoms with Gasteiger partial charge >= 0.3 is 6.09 Å². The zero-order valence-electron chi connectivity index (χ0n) is 14.8. The van der Waals surface area contributed by atoms with Crippen molar-refractivity contribution in [2.45, 2.75) is 26.4 Å². The van der Waals surface area contributed by atoms with Crippen LogP contribution < -0.4 is 10.2 Å². The van der Waals surface area contributed by atoms with Gasteiger partial charge in [0.05, 0.1) is 39.3 Å². The summed E-state index contributed by atoms with van der Waals surface area (Å²) in [6.07, 6.45) is -0.237. The number of nitrogens with one attached hydrogen (secondary N) is 2. The van der Waals surface area contributed by atoms with Crippen LogP contribution in [0.3, 0.4) is 0 Å². The molecule has 24 heavy (non-hydrogen) atoms. The van der Waals surface area contributed by atoms with Crippen LogP contribution in [0.5, 0.6) is 0 Å². The molecular weight excluding hydrogens is 306 g/mol. The van der Waals surface area contributed by atoms with Gasteiger partial charge in [-0.25, -0.2) is 4.79 Å². The van der Waals surface area contributed by atoms with E-state index in [9.17, 15) is 9.59 Å². The van der Waals surface area contributed by atoms with E-state index in [0.717, 1.165) is 19.6 Å². The predicted octanol–water partition coefficient (Wildman–Crippen LogP) is 0.552. The second-order valence-electron chi connectivity index (χ2n) is 7.09. The Kier molecular flexibility index (Phi) is 6.20. The topological polar surface area (TPSA) is 63.1 Å². The highest BCUT2D eigenvalue weighted by Gasteiger charge is 2.27. The van der Waals surface area contributed by atoms with E-state index >= 15 is 0 Å². The molecule has 0 spiro atoms. The van der Waals surface area contributed by atoms with Crippen LogP contribution in [0.1, 0.15) is 31.1 Å². The highest BCUT2D eigenvalue weighted by atomic mass is 16.6. The maximum atomic E-state index is 12.0. The molecule has 0 unspecified atom stereocenters. The average molecular weight is 334 g/mol. The molecule has 1 aliphatic rings. The molecule has 6 nitrogen and oxygen atoms in total. The number of quaternary nitrogens is 1. The Bertz CT molecular complexity index is 546. The van der Waals surface area contributed by atoms with E-state index in [1.165, 1.54) is 4.90 Å². The minimum absolute atomic E-state index is 0.0395. The molecule has 1 aromatic carbocycles. The molecule has 1 heterocycles. The number of carbonyl (C=O) groups is 2. The molecule has 0 atom stereocenters. The van der Waals surface area contributed by atoms with Gasteiger partial charge in [-0.2, -0.15) is 0 Å². The van der Waals surface area contributed by atoms with Crippen molar-refractivity contribution in [3.63, 3.8) is 0 Å². The van der Waals surface area contributed by atoms with Crippen molar-refractivity contribution in [2.24, 2.45) is 0 Å². The minimum Gasteiger partial charge on any atom is -0.444 e. The molecule has 0 aromatic heterocycles. The first-order chi connectivity index (χ1) is 11.3. The number of hydrogen-bond donors (Lipinski definition) is 2. The number of hydrogen-bond acceptors (Lipinski definition) is 3. The summed E-state index contributed by atoms with van der Waals surface area (Å²) in [5.41, 5.74) is 0.227. The molecule has 1 saturated heterocycles. The van der Waals surface area contributed by atoms with Crippen LogP contribution in [-0.2, 0) is 4.74 Å². The van der Waals surface area contributed by atoms with Crippen LogP contribution in [0.25, 0.3) is 0 Å². The van der Waals surface area contributed by atoms with Crippen molar-refractivity contribution in [3.05, 3.63) is 35.9 Å². The number of ether oxygens (including phenoxy) is 1. The number of benzene rings is 1. The van der Waals surface area contributed by atoms with Gasteiger partial charge in [0, 0.05) is 5.56 Å². The van der Waals surface area contributed by atoms with Gasteiger partial charge in [0.1, 0.15) is 5.60 Å². The fraction of sp³-hybridized carbons (Fsp3) is 0.556. The van der Waals surface area contributed by atoms with Gasteiger partial charge in [-0.3, -0.25) is 9.69 Å². The molecule has 0 bridgehead atoms. The van der Waals surface area contributed by atoms with E-state index in [2.05, 4.69) is 5.32 Å². The van der Waals surface area contributed by atoms with Gasteiger partial charge < -0.3 is 15.0 Å². The second-order valence-corrected chi connectivity index (χ2v) is 7.09. The Hall–Kier alpha value is -2.08. The van der Waals surface area contributed by atoms with E-state index in [0.29, 0.717) is 25.2 Å². The lowest BCUT2D eigenvalue weighted by Gasteiger charge is -2.33. The molecule has 2 rings (SSSR count). The fourth-order valence-corrected chi connectivity index (χ4v) is 2.63. The predicted molar refractivity (Wildman–Crippen MR) is 92.1 cm³/mol. The lowest BCUT2D eigenvalue weighted by atomic mass is 10.2. The summed E-state index contributed by atoms with van der Waals surface area (Å²) in [6, 6.07) is 9.22. The summed E-state index contributed by atoms with van der Waals surface area (Å²) in [7, 11) is 0. The summed E-state index contributed by atoms with van der Waals surface area (Å²) in [6.45, 7) is 10.3. The molecule has 1 fully saturated rings. The molecular formula is C18H28N3O3+. The van der Waals surface area contributed by atoms with Crippen LogP contribution >= 0.6 is 0 Å². The third-order valence-corrected chi connectivity index (χ3v) is 3.92. The molecule has 2 amide bonds. The Morgan fingerprint density at radius 2 is 1.79 bits per heavy atom. The highest BCUT2D eigenvalue weighted by Crippen LogP contribution is 2.09. The molecule has 132 valence electrons. The van der Waals surface area contributed by atoms with Gasteiger partial charge in [-0.05, 0) is 32.9 Å². The van der Waals surface area contributed by atoms with E-state index in [1.807, 2.05) is 51.1 Å². The SMILES string of the molecule is CC(C)(C)OC(=O)N1CC[NH+](CCNC(=O)c2ccccc2)CC1. The average Bonchev–Trinajstić information content (AvgIpc) is 2.54. The first kappa shape index (κ1) is 18.3. The highest BCUT2D eigenvalue weighted by molar-refractivity contribution is 5.94. The second kappa shape index (κ2) is 8.15. The lowest BCUT2D eigenvalue weighted by molar-refractivity contribution is -0.902. The monoisotopic (exact) mass is 334 g/mol. The van der Waals surface area contributed by atoms with Gasteiger partial charge in [0.15, 0.2) is 0 Å². The maximum absolute atomic E-state index is 12.0. The van der Waals surface area contributed by atoms with E-state index in [4.69, 9.17) is 4.74 Å². The summed E-state index contributed by atoms with van der Waals surface area (Å²) < 4.78 is 5.39. The third kappa shape index (κ3) is 5.85. The molecule has 0 saturated carbocycles. The van der Waals surface area contributed by atoms with Crippen molar-refractivity contribution in [3.8, 4) is 0 Å². The Morgan fingerprint density at radius 3 is 2.38 bits per heavy atom. The van der Waals surface area contributed by atoms with E-state index in [-0.39, 0.29) is 12.0 Å². The molecule has 2 N–H and O–H groups in total. The normalized spacial score (nSPS) is 15.9. The number of amides is 2. The number of piperazine rings is 1. The Labute approximate surface area is 143 Å². The summed E-state index contributed by atoms with van der Waals surface area (Å²) in [5, 5.41) is 2.95. The minimum atomic E-state index is -0.456. The number of nitrogens with zero attached hydrogens (tertiary/aromatic N) is 1. The summed E-state index contributed by atoms with van der Waals surface area (Å²) >= 11 is 0. The molecule has 6 heteroatoms. The molecule has 1 aliphatic heterocycles. The van der Waals surface area contributed by atoms with Crippen molar-refractivity contribution < 1.29 is 19.2 Å². The zero-order valence-corrected chi connectivity index (χ0v) is 14.8. The third-order valence-electron chi connectivity index (χ3n) is 3.92. The van der Waals surface area contributed by atoms with Gasteiger partial charge in [-0.1, -0.05) is 18.2 Å². The number of carbonyl (C=O) groups excluding carboxylic acids is 2. The Balaban J connectivity index is 1.66. The Morgan fingerprint density at radius 1 is 1.17 bits per heavy atom. The van der Waals surface area contributed by atoms with Gasteiger partial charge in [-0.15, -0.1) is 0 Å². The molecule has 1 aromatic rings. The van der Waals surface area contributed by atoms with Crippen LogP contribution in [0, 0.1) is 0 Å². The molecule has 0 aliphatic carbocycles. The van der Waals surface area contributed by atoms with Gasteiger partial charge in [0.2, 0.25) is 0 Å². The van der Waals surface area contributed by atoms with Gasteiger partial charge in [0.25, 0.3) is 5.91 Å². The van der Waals surface area contributed by atoms with Crippen LogP contribution in [-0.4, -0.2) is 61.8 Å². The standard InChI is InChI=1S/C18H27N3O3/c1-18(2,3)24-17(23)21-13-11-20(12-14-21)10-9-19-16(22)15-7-5-4-6-8-15/h4-8H,9-14H2,1-3H3,(H,19,22)/p+1. The smallest absolute Gasteiger partial charge is 0.410 e. The fourth-order valence-electron chi connectivity index (χ4n) is 2.63. The van der Waals surface area contributed by atoms with Crippen LogP contribution in [0.15, 0.2) is 30.3 Å².